The standard InChI is InChI=1S/C10H10BrNO2S2/c1-16(13,14)6-5-15-10-4-2-3-9(11)8(10)7-12/h2-4H,5-6H2,1H3. The largest absolute Gasteiger partial charge is 0.229 e. The Morgan fingerprint density at radius 3 is 2.75 bits per heavy atom. The first-order valence-electron chi connectivity index (χ1n) is 4.43. The molecule has 86 valence electrons. The number of halogens is 1. The summed E-state index contributed by atoms with van der Waals surface area (Å²) in [5, 5.41) is 8.95. The average molecular weight is 320 g/mol. The van der Waals surface area contributed by atoms with Crippen molar-refractivity contribution in [1.82, 2.24) is 0 Å². The van der Waals surface area contributed by atoms with E-state index in [1.54, 1.807) is 6.07 Å². The maximum atomic E-state index is 11.0. The second-order valence-electron chi connectivity index (χ2n) is 3.20. The molecule has 0 atom stereocenters. The molecule has 0 N–H and O–H groups in total. The van der Waals surface area contributed by atoms with Crippen LogP contribution >= 0.6 is 27.7 Å². The van der Waals surface area contributed by atoms with E-state index < -0.39 is 9.84 Å². The van der Waals surface area contributed by atoms with Gasteiger partial charge in [0.15, 0.2) is 0 Å². The summed E-state index contributed by atoms with van der Waals surface area (Å²) in [6.07, 6.45) is 1.21. The molecule has 0 saturated heterocycles. The SMILES string of the molecule is CS(=O)(=O)CCSc1cccc(Br)c1C#N. The third-order valence-electron chi connectivity index (χ3n) is 1.80. The van der Waals surface area contributed by atoms with Gasteiger partial charge >= 0.3 is 0 Å². The van der Waals surface area contributed by atoms with E-state index in [2.05, 4.69) is 22.0 Å². The maximum Gasteiger partial charge on any atom is 0.148 e. The van der Waals surface area contributed by atoms with Crippen LogP contribution in [0.2, 0.25) is 0 Å². The predicted octanol–water partition coefficient (Wildman–Crippen LogP) is 2.46. The van der Waals surface area contributed by atoms with Gasteiger partial charge in [-0.15, -0.1) is 11.8 Å². The Morgan fingerprint density at radius 2 is 2.19 bits per heavy atom. The highest BCUT2D eigenvalue weighted by Gasteiger charge is 2.08. The Balaban J connectivity index is 2.76. The molecule has 0 bridgehead atoms. The van der Waals surface area contributed by atoms with Gasteiger partial charge in [-0.25, -0.2) is 8.42 Å². The summed E-state index contributed by atoms with van der Waals surface area (Å²) in [6, 6.07) is 7.53. The molecule has 1 aromatic carbocycles. The highest BCUT2D eigenvalue weighted by Crippen LogP contribution is 2.27. The minimum Gasteiger partial charge on any atom is -0.229 e. The van der Waals surface area contributed by atoms with E-state index in [1.807, 2.05) is 12.1 Å². The minimum atomic E-state index is -2.94. The van der Waals surface area contributed by atoms with Crippen molar-refractivity contribution in [2.45, 2.75) is 4.90 Å². The smallest absolute Gasteiger partial charge is 0.148 e. The minimum absolute atomic E-state index is 0.120. The molecule has 3 nitrogen and oxygen atoms in total. The summed E-state index contributed by atoms with van der Waals surface area (Å²) >= 11 is 4.67. The highest BCUT2D eigenvalue weighted by molar-refractivity contribution is 9.10. The third-order valence-corrected chi connectivity index (χ3v) is 4.72. The fraction of sp³-hybridized carbons (Fsp3) is 0.300. The maximum absolute atomic E-state index is 11.0. The monoisotopic (exact) mass is 319 g/mol. The molecular weight excluding hydrogens is 310 g/mol. The second-order valence-corrected chi connectivity index (χ2v) is 7.45. The fourth-order valence-electron chi connectivity index (χ4n) is 1.04. The number of benzene rings is 1. The number of hydrogen-bond acceptors (Lipinski definition) is 4. The zero-order valence-corrected chi connectivity index (χ0v) is 11.8. The van der Waals surface area contributed by atoms with Crippen LogP contribution in [0.3, 0.4) is 0 Å². The number of nitrogens with zero attached hydrogens (tertiary/aromatic N) is 1. The van der Waals surface area contributed by atoms with Gasteiger partial charge in [-0.1, -0.05) is 6.07 Å². The van der Waals surface area contributed by atoms with E-state index in [9.17, 15) is 8.42 Å². The van der Waals surface area contributed by atoms with Crippen LogP contribution in [-0.2, 0) is 9.84 Å². The Kier molecular flexibility index (Phi) is 4.84. The molecule has 1 aromatic rings. The van der Waals surface area contributed by atoms with Crippen LogP contribution in [0.5, 0.6) is 0 Å². The third kappa shape index (κ3) is 4.16. The van der Waals surface area contributed by atoms with Gasteiger partial charge in [0.2, 0.25) is 0 Å². The zero-order valence-electron chi connectivity index (χ0n) is 8.60. The topological polar surface area (TPSA) is 57.9 Å². The number of thioether (sulfide) groups is 1. The molecule has 0 fully saturated rings. The molecule has 0 spiro atoms. The summed E-state index contributed by atoms with van der Waals surface area (Å²) in [6.45, 7) is 0. The van der Waals surface area contributed by atoms with Crippen molar-refractivity contribution in [2.75, 3.05) is 17.8 Å². The van der Waals surface area contributed by atoms with Crippen LogP contribution in [-0.4, -0.2) is 26.2 Å². The fourth-order valence-corrected chi connectivity index (χ4v) is 3.86. The van der Waals surface area contributed by atoms with Crippen molar-refractivity contribution >= 4 is 37.5 Å². The quantitative estimate of drug-likeness (QED) is 0.800. The van der Waals surface area contributed by atoms with Gasteiger partial charge in [0, 0.05) is 21.4 Å². The van der Waals surface area contributed by atoms with Crippen molar-refractivity contribution < 1.29 is 8.42 Å². The summed E-state index contributed by atoms with van der Waals surface area (Å²) in [5.74, 6) is 0.582. The molecule has 0 aliphatic carbocycles. The lowest BCUT2D eigenvalue weighted by atomic mass is 10.2. The van der Waals surface area contributed by atoms with E-state index in [0.717, 1.165) is 9.37 Å². The van der Waals surface area contributed by atoms with Crippen LogP contribution in [0.15, 0.2) is 27.6 Å². The molecule has 0 radical (unpaired) electrons. The Bertz CT molecular complexity index is 520. The van der Waals surface area contributed by atoms with Crippen LogP contribution in [0.25, 0.3) is 0 Å². The van der Waals surface area contributed by atoms with Crippen molar-refractivity contribution in [1.29, 1.82) is 5.26 Å². The van der Waals surface area contributed by atoms with Crippen LogP contribution < -0.4 is 0 Å². The Morgan fingerprint density at radius 1 is 1.50 bits per heavy atom. The normalized spacial score (nSPS) is 11.1. The van der Waals surface area contributed by atoms with Gasteiger partial charge in [0.25, 0.3) is 0 Å². The Hall–Kier alpha value is -0.510. The first kappa shape index (κ1) is 13.6. The molecule has 0 aliphatic rings. The van der Waals surface area contributed by atoms with E-state index in [1.165, 1.54) is 18.0 Å². The summed E-state index contributed by atoms with van der Waals surface area (Å²) in [4.78, 5) is 0.806. The van der Waals surface area contributed by atoms with E-state index in [-0.39, 0.29) is 5.75 Å². The van der Waals surface area contributed by atoms with Crippen molar-refractivity contribution in [3.63, 3.8) is 0 Å². The number of sulfone groups is 1. The lowest BCUT2D eigenvalue weighted by Crippen LogP contribution is -2.05. The first-order chi connectivity index (χ1) is 7.44. The van der Waals surface area contributed by atoms with Crippen molar-refractivity contribution in [3.8, 4) is 6.07 Å². The lowest BCUT2D eigenvalue weighted by Gasteiger charge is -2.04. The average Bonchev–Trinajstić information content (AvgIpc) is 2.16. The molecule has 0 aromatic heterocycles. The zero-order chi connectivity index (χ0) is 12.2. The molecule has 0 aliphatic heterocycles. The molecule has 0 unspecified atom stereocenters. The van der Waals surface area contributed by atoms with Crippen LogP contribution in [0, 0.1) is 11.3 Å². The number of rotatable bonds is 4. The molecule has 0 heterocycles. The van der Waals surface area contributed by atoms with Gasteiger partial charge in [0.05, 0.1) is 11.3 Å². The lowest BCUT2D eigenvalue weighted by molar-refractivity contribution is 0.603. The van der Waals surface area contributed by atoms with Crippen molar-refractivity contribution in [2.24, 2.45) is 0 Å². The molecule has 0 saturated carbocycles. The summed E-state index contributed by atoms with van der Waals surface area (Å²) in [7, 11) is -2.94. The molecule has 6 heteroatoms. The number of nitriles is 1. The first-order valence-corrected chi connectivity index (χ1v) is 8.27. The molecule has 1 rings (SSSR count). The summed E-state index contributed by atoms with van der Waals surface area (Å²) in [5.41, 5.74) is 0.556. The van der Waals surface area contributed by atoms with E-state index in [0.29, 0.717) is 11.3 Å². The second kappa shape index (κ2) is 5.71. The highest BCUT2D eigenvalue weighted by atomic mass is 79.9. The molecule has 16 heavy (non-hydrogen) atoms. The van der Waals surface area contributed by atoms with Gasteiger partial charge < -0.3 is 0 Å². The van der Waals surface area contributed by atoms with E-state index >= 15 is 0 Å². The Labute approximate surface area is 108 Å². The van der Waals surface area contributed by atoms with Crippen molar-refractivity contribution in [3.05, 3.63) is 28.2 Å². The van der Waals surface area contributed by atoms with Gasteiger partial charge in [-0.3, -0.25) is 0 Å². The van der Waals surface area contributed by atoms with Crippen LogP contribution in [0.1, 0.15) is 5.56 Å². The van der Waals surface area contributed by atoms with Gasteiger partial charge in [0.1, 0.15) is 15.9 Å². The van der Waals surface area contributed by atoms with Crippen LogP contribution in [0.4, 0.5) is 0 Å². The predicted molar refractivity (Wildman–Crippen MR) is 69.3 cm³/mol. The van der Waals surface area contributed by atoms with Gasteiger partial charge in [-0.05, 0) is 28.1 Å². The van der Waals surface area contributed by atoms with Gasteiger partial charge in [-0.2, -0.15) is 5.26 Å². The summed E-state index contributed by atoms with van der Waals surface area (Å²) < 4.78 is 22.6. The molecular formula is C10H10BrNO2S2. The number of hydrogen-bond donors (Lipinski definition) is 0. The molecule has 0 amide bonds. The van der Waals surface area contributed by atoms with E-state index in [4.69, 9.17) is 5.26 Å².